The normalized spacial score (nSPS) is 16.4. The third kappa shape index (κ3) is 3.94. The van der Waals surface area contributed by atoms with Crippen molar-refractivity contribution in [2.45, 2.75) is 24.7 Å². The van der Waals surface area contributed by atoms with Gasteiger partial charge in [-0.05, 0) is 49.6 Å². The maximum atomic E-state index is 13.8. The maximum absolute atomic E-state index is 13.8. The first-order chi connectivity index (χ1) is 12.4. The summed E-state index contributed by atoms with van der Waals surface area (Å²) in [6, 6.07) is 12.5. The van der Waals surface area contributed by atoms with Crippen molar-refractivity contribution in [2.75, 3.05) is 13.1 Å². The Balaban J connectivity index is 1.64. The Morgan fingerprint density at radius 1 is 1.12 bits per heavy atom. The summed E-state index contributed by atoms with van der Waals surface area (Å²) in [5.74, 6) is -1.02. The number of carbonyl (C=O) groups excluding carboxylic acids is 1. The maximum Gasteiger partial charge on any atom is 0.314 e. The van der Waals surface area contributed by atoms with Gasteiger partial charge in [0.2, 0.25) is 10.0 Å². The summed E-state index contributed by atoms with van der Waals surface area (Å²) in [6.45, 7) is 2.22. The number of hydrogen-bond donors (Lipinski definition) is 0. The van der Waals surface area contributed by atoms with Gasteiger partial charge >= 0.3 is 5.97 Å². The average Bonchev–Trinajstić information content (AvgIpc) is 2.62. The van der Waals surface area contributed by atoms with Crippen LogP contribution < -0.4 is 4.74 Å². The van der Waals surface area contributed by atoms with Gasteiger partial charge in [-0.2, -0.15) is 4.31 Å². The molecule has 0 amide bonds. The zero-order valence-electron chi connectivity index (χ0n) is 14.4. The molecule has 5 nitrogen and oxygen atoms in total. The third-order valence-electron chi connectivity index (χ3n) is 4.45. The van der Waals surface area contributed by atoms with E-state index in [0.717, 1.165) is 11.6 Å². The standard InChI is InChI=1S/C19H20FNO4S/c1-14-5-4-6-16(13-14)25-19(22)15-9-11-21(12-10-15)26(23,24)18-8-3-2-7-17(18)20/h2-8,13,15H,9-12H2,1H3. The lowest BCUT2D eigenvalue weighted by Crippen LogP contribution is -2.41. The first-order valence-corrected chi connectivity index (χ1v) is 9.85. The van der Waals surface area contributed by atoms with E-state index in [0.29, 0.717) is 18.6 Å². The molecule has 2 aromatic carbocycles. The molecule has 0 unspecified atom stereocenters. The Morgan fingerprint density at radius 2 is 1.81 bits per heavy atom. The molecule has 0 aliphatic carbocycles. The van der Waals surface area contributed by atoms with Crippen molar-refractivity contribution < 1.29 is 22.3 Å². The molecule has 1 fully saturated rings. The van der Waals surface area contributed by atoms with Crippen LogP contribution in [0.4, 0.5) is 4.39 Å². The van der Waals surface area contributed by atoms with Crippen LogP contribution in [0.3, 0.4) is 0 Å². The minimum atomic E-state index is -3.90. The highest BCUT2D eigenvalue weighted by atomic mass is 32.2. The Hall–Kier alpha value is -2.25. The van der Waals surface area contributed by atoms with E-state index in [2.05, 4.69) is 0 Å². The number of esters is 1. The lowest BCUT2D eigenvalue weighted by Gasteiger charge is -2.30. The van der Waals surface area contributed by atoms with Gasteiger partial charge in [-0.25, -0.2) is 12.8 Å². The van der Waals surface area contributed by atoms with E-state index < -0.39 is 15.8 Å². The minimum absolute atomic E-state index is 0.157. The number of sulfonamides is 1. The largest absolute Gasteiger partial charge is 0.426 e. The molecule has 0 aromatic heterocycles. The smallest absolute Gasteiger partial charge is 0.314 e. The molecule has 0 atom stereocenters. The second-order valence-electron chi connectivity index (χ2n) is 6.35. The van der Waals surface area contributed by atoms with Crippen molar-refractivity contribution in [1.29, 1.82) is 0 Å². The van der Waals surface area contributed by atoms with Crippen molar-refractivity contribution in [1.82, 2.24) is 4.31 Å². The SMILES string of the molecule is Cc1cccc(OC(=O)C2CCN(S(=O)(=O)c3ccccc3F)CC2)c1. The molecule has 1 saturated heterocycles. The first-order valence-electron chi connectivity index (χ1n) is 8.41. The fourth-order valence-electron chi connectivity index (χ4n) is 3.00. The van der Waals surface area contributed by atoms with Crippen LogP contribution in [-0.2, 0) is 14.8 Å². The summed E-state index contributed by atoms with van der Waals surface area (Å²) in [4.78, 5) is 12.0. The summed E-state index contributed by atoms with van der Waals surface area (Å²) in [7, 11) is -3.90. The van der Waals surface area contributed by atoms with Crippen LogP contribution in [0.5, 0.6) is 5.75 Å². The lowest BCUT2D eigenvalue weighted by atomic mass is 9.98. The molecule has 138 valence electrons. The van der Waals surface area contributed by atoms with E-state index in [1.165, 1.54) is 22.5 Å². The Morgan fingerprint density at radius 3 is 2.46 bits per heavy atom. The molecular weight excluding hydrogens is 357 g/mol. The van der Waals surface area contributed by atoms with Crippen LogP contribution in [0.1, 0.15) is 18.4 Å². The number of nitrogens with zero attached hydrogens (tertiary/aromatic N) is 1. The lowest BCUT2D eigenvalue weighted by molar-refractivity contribution is -0.140. The molecule has 1 aliphatic rings. The van der Waals surface area contributed by atoms with Crippen molar-refractivity contribution in [2.24, 2.45) is 5.92 Å². The van der Waals surface area contributed by atoms with Crippen molar-refractivity contribution in [3.05, 3.63) is 59.9 Å². The number of aryl methyl sites for hydroxylation is 1. The van der Waals surface area contributed by atoms with Crippen LogP contribution in [0.25, 0.3) is 0 Å². The quantitative estimate of drug-likeness (QED) is 0.607. The molecule has 2 aromatic rings. The molecule has 1 aliphatic heterocycles. The molecular formula is C19H20FNO4S. The highest BCUT2D eigenvalue weighted by Crippen LogP contribution is 2.26. The fraction of sp³-hybridized carbons (Fsp3) is 0.316. The van der Waals surface area contributed by atoms with E-state index >= 15 is 0 Å². The second kappa shape index (κ2) is 7.55. The molecule has 1 heterocycles. The van der Waals surface area contributed by atoms with Gasteiger partial charge in [-0.15, -0.1) is 0 Å². The van der Waals surface area contributed by atoms with Gasteiger partial charge in [0, 0.05) is 13.1 Å². The predicted octanol–water partition coefficient (Wildman–Crippen LogP) is 3.14. The number of carbonyl (C=O) groups is 1. The Kier molecular flexibility index (Phi) is 5.38. The predicted molar refractivity (Wildman–Crippen MR) is 94.7 cm³/mol. The Labute approximate surface area is 152 Å². The monoisotopic (exact) mass is 377 g/mol. The molecule has 26 heavy (non-hydrogen) atoms. The van der Waals surface area contributed by atoms with Gasteiger partial charge in [-0.3, -0.25) is 4.79 Å². The van der Waals surface area contributed by atoms with E-state index in [4.69, 9.17) is 4.74 Å². The van der Waals surface area contributed by atoms with Gasteiger partial charge in [-0.1, -0.05) is 24.3 Å². The van der Waals surface area contributed by atoms with Gasteiger partial charge in [0.05, 0.1) is 5.92 Å². The van der Waals surface area contributed by atoms with Crippen LogP contribution >= 0.6 is 0 Å². The van der Waals surface area contributed by atoms with Gasteiger partial charge in [0.25, 0.3) is 0 Å². The summed E-state index contributed by atoms with van der Waals surface area (Å²) < 4.78 is 45.6. The summed E-state index contributed by atoms with van der Waals surface area (Å²) >= 11 is 0. The summed E-state index contributed by atoms with van der Waals surface area (Å²) in [5.41, 5.74) is 0.987. The van der Waals surface area contributed by atoms with Crippen LogP contribution in [0, 0.1) is 18.7 Å². The number of halogens is 1. The molecule has 0 N–H and O–H groups in total. The number of ether oxygens (including phenoxy) is 1. The fourth-order valence-corrected chi connectivity index (χ4v) is 4.54. The van der Waals surface area contributed by atoms with Gasteiger partial charge < -0.3 is 4.74 Å². The van der Waals surface area contributed by atoms with E-state index in [1.54, 1.807) is 12.1 Å². The number of rotatable bonds is 4. The molecule has 0 saturated carbocycles. The van der Waals surface area contributed by atoms with Crippen molar-refractivity contribution in [3.63, 3.8) is 0 Å². The van der Waals surface area contributed by atoms with Crippen LogP contribution in [-0.4, -0.2) is 31.8 Å². The van der Waals surface area contributed by atoms with Gasteiger partial charge in [0.1, 0.15) is 16.5 Å². The number of hydrogen-bond acceptors (Lipinski definition) is 4. The van der Waals surface area contributed by atoms with E-state index in [1.807, 2.05) is 19.1 Å². The molecule has 0 bridgehead atoms. The molecule has 7 heteroatoms. The molecule has 0 radical (unpaired) electrons. The third-order valence-corrected chi connectivity index (χ3v) is 6.38. The molecule has 0 spiro atoms. The second-order valence-corrected chi connectivity index (χ2v) is 8.25. The number of piperidine rings is 1. The highest BCUT2D eigenvalue weighted by molar-refractivity contribution is 7.89. The van der Waals surface area contributed by atoms with Crippen LogP contribution in [0.15, 0.2) is 53.4 Å². The Bertz CT molecular complexity index is 905. The van der Waals surface area contributed by atoms with E-state index in [-0.39, 0.29) is 29.9 Å². The van der Waals surface area contributed by atoms with Crippen molar-refractivity contribution in [3.8, 4) is 5.75 Å². The summed E-state index contributed by atoms with van der Waals surface area (Å²) in [6.07, 6.45) is 0.691. The first kappa shape index (κ1) is 18.5. The molecule has 3 rings (SSSR count). The number of benzene rings is 2. The average molecular weight is 377 g/mol. The zero-order chi connectivity index (χ0) is 18.7. The summed E-state index contributed by atoms with van der Waals surface area (Å²) in [5, 5.41) is 0. The topological polar surface area (TPSA) is 63.7 Å². The minimum Gasteiger partial charge on any atom is -0.426 e. The van der Waals surface area contributed by atoms with Crippen LogP contribution in [0.2, 0.25) is 0 Å². The van der Waals surface area contributed by atoms with Crippen molar-refractivity contribution >= 4 is 16.0 Å². The highest BCUT2D eigenvalue weighted by Gasteiger charge is 2.34. The van der Waals surface area contributed by atoms with Gasteiger partial charge in [0.15, 0.2) is 0 Å². The van der Waals surface area contributed by atoms with E-state index in [9.17, 15) is 17.6 Å². The zero-order valence-corrected chi connectivity index (χ0v) is 15.2.